The topological polar surface area (TPSA) is 62.6 Å². The Balaban J connectivity index is 1.40. The summed E-state index contributed by atoms with van der Waals surface area (Å²) in [4.78, 5) is 28.0. The number of carbonyl (C=O) groups is 2. The normalized spacial score (nSPS) is 16.0. The minimum absolute atomic E-state index is 0.0784. The smallest absolute Gasteiger partial charge is 0.289 e. The summed E-state index contributed by atoms with van der Waals surface area (Å²) in [6.07, 6.45) is 3.03. The second kappa shape index (κ2) is 8.80. The Morgan fingerprint density at radius 1 is 1.14 bits per heavy atom. The lowest BCUT2D eigenvalue weighted by Gasteiger charge is -2.31. The molecule has 1 fully saturated rings. The third-order valence-electron chi connectivity index (χ3n) is 4.79. The summed E-state index contributed by atoms with van der Waals surface area (Å²) in [6.45, 7) is 1.03. The van der Waals surface area contributed by atoms with E-state index >= 15 is 0 Å². The average molecular weight is 404 g/mol. The molecule has 1 atom stereocenters. The first-order valence-corrected chi connectivity index (χ1v) is 10.4. The lowest BCUT2D eigenvalue weighted by molar-refractivity contribution is -0.121. The molecule has 4 rings (SSSR count). The van der Waals surface area contributed by atoms with Crippen LogP contribution in [0.2, 0.25) is 0 Å². The molecule has 5 nitrogen and oxygen atoms in total. The van der Waals surface area contributed by atoms with Gasteiger partial charge >= 0.3 is 0 Å². The van der Waals surface area contributed by atoms with E-state index in [2.05, 4.69) is 17.2 Å². The third kappa shape index (κ3) is 4.76. The minimum atomic E-state index is -0.247. The lowest BCUT2D eigenvalue weighted by Crippen LogP contribution is -2.43. The lowest BCUT2D eigenvalue weighted by atomic mass is 9.96. The Labute approximate surface area is 173 Å². The zero-order valence-electron chi connectivity index (χ0n) is 15.8. The van der Waals surface area contributed by atoms with Crippen molar-refractivity contribution in [2.24, 2.45) is 5.92 Å². The molecule has 146 valence electrons. The van der Waals surface area contributed by atoms with Crippen LogP contribution in [-0.2, 0) is 4.79 Å². The van der Waals surface area contributed by atoms with Crippen molar-refractivity contribution in [3.8, 4) is 11.8 Å². The zero-order valence-corrected chi connectivity index (χ0v) is 16.6. The van der Waals surface area contributed by atoms with Gasteiger partial charge in [0.2, 0.25) is 5.91 Å². The molecule has 2 amide bonds. The highest BCUT2D eigenvalue weighted by atomic mass is 32.1. The Bertz CT molecular complexity index is 1050. The monoisotopic (exact) mass is 404 g/mol. The molecule has 0 bridgehead atoms. The minimum Gasteiger partial charge on any atom is -0.459 e. The van der Waals surface area contributed by atoms with Crippen LogP contribution in [-0.4, -0.2) is 29.8 Å². The largest absolute Gasteiger partial charge is 0.459 e. The van der Waals surface area contributed by atoms with E-state index < -0.39 is 0 Å². The number of furan rings is 1. The van der Waals surface area contributed by atoms with Gasteiger partial charge in [-0.1, -0.05) is 24.0 Å². The third-order valence-corrected chi connectivity index (χ3v) is 5.58. The van der Waals surface area contributed by atoms with Gasteiger partial charge in [-0.15, -0.1) is 11.3 Å². The van der Waals surface area contributed by atoms with Crippen LogP contribution in [0.15, 0.2) is 64.6 Å². The fourth-order valence-electron chi connectivity index (χ4n) is 3.33. The number of thiophene rings is 1. The number of piperidine rings is 1. The molecule has 1 aromatic carbocycles. The summed E-state index contributed by atoms with van der Waals surface area (Å²) in [6, 6.07) is 14.8. The Morgan fingerprint density at radius 2 is 2.07 bits per heavy atom. The van der Waals surface area contributed by atoms with Crippen molar-refractivity contribution < 1.29 is 14.0 Å². The van der Waals surface area contributed by atoms with Gasteiger partial charge in [-0.25, -0.2) is 0 Å². The standard InChI is InChI=1S/C23H20N2O3S/c26-22(18-6-2-12-25(16-18)23(27)21-9-3-13-28-21)24-19-7-1-5-17(15-19)10-11-20-8-4-14-29-20/h1,3-5,7-9,13-15,18H,2,6,12,16H2,(H,24,26)/t18-/m1/s1. The molecule has 29 heavy (non-hydrogen) atoms. The molecule has 1 aliphatic rings. The highest BCUT2D eigenvalue weighted by Crippen LogP contribution is 2.21. The van der Waals surface area contributed by atoms with Gasteiger partial charge in [0.25, 0.3) is 5.91 Å². The summed E-state index contributed by atoms with van der Waals surface area (Å²) in [5, 5.41) is 4.96. The molecule has 2 aromatic heterocycles. The molecule has 0 spiro atoms. The van der Waals surface area contributed by atoms with E-state index in [1.54, 1.807) is 28.4 Å². The van der Waals surface area contributed by atoms with Gasteiger partial charge < -0.3 is 14.6 Å². The van der Waals surface area contributed by atoms with Crippen molar-refractivity contribution in [3.63, 3.8) is 0 Å². The Hall–Kier alpha value is -3.30. The molecule has 3 aromatic rings. The van der Waals surface area contributed by atoms with Crippen molar-refractivity contribution in [2.75, 3.05) is 18.4 Å². The molecule has 3 heterocycles. The van der Waals surface area contributed by atoms with Crippen molar-refractivity contribution in [2.45, 2.75) is 12.8 Å². The van der Waals surface area contributed by atoms with Crippen LogP contribution in [0.4, 0.5) is 5.69 Å². The second-order valence-corrected chi connectivity index (χ2v) is 7.81. The maximum absolute atomic E-state index is 12.8. The Morgan fingerprint density at radius 3 is 2.86 bits per heavy atom. The highest BCUT2D eigenvalue weighted by molar-refractivity contribution is 7.10. The van der Waals surface area contributed by atoms with Crippen LogP contribution < -0.4 is 5.32 Å². The Kier molecular flexibility index (Phi) is 5.78. The molecule has 0 saturated carbocycles. The number of amides is 2. The number of benzene rings is 1. The van der Waals surface area contributed by atoms with Gasteiger partial charge in [0.1, 0.15) is 0 Å². The molecule has 1 N–H and O–H groups in total. The number of nitrogens with one attached hydrogen (secondary N) is 1. The molecule has 1 aliphatic heterocycles. The molecule has 1 saturated heterocycles. The van der Waals surface area contributed by atoms with E-state index in [0.717, 1.165) is 23.3 Å². The molecule has 0 unspecified atom stereocenters. The van der Waals surface area contributed by atoms with E-state index in [-0.39, 0.29) is 17.7 Å². The number of nitrogens with zero attached hydrogens (tertiary/aromatic N) is 1. The predicted octanol–water partition coefficient (Wildman–Crippen LogP) is 4.23. The summed E-state index contributed by atoms with van der Waals surface area (Å²) in [7, 11) is 0. The first-order valence-electron chi connectivity index (χ1n) is 9.48. The zero-order chi connectivity index (χ0) is 20.1. The van der Waals surface area contributed by atoms with Crippen molar-refractivity contribution in [1.82, 2.24) is 4.90 Å². The molecular weight excluding hydrogens is 384 g/mol. The van der Waals surface area contributed by atoms with E-state index in [4.69, 9.17) is 4.42 Å². The number of rotatable bonds is 3. The van der Waals surface area contributed by atoms with Gasteiger partial charge in [-0.2, -0.15) is 0 Å². The van der Waals surface area contributed by atoms with E-state index in [1.807, 2.05) is 41.8 Å². The quantitative estimate of drug-likeness (QED) is 0.665. The van der Waals surface area contributed by atoms with Crippen molar-refractivity contribution in [1.29, 1.82) is 0 Å². The van der Waals surface area contributed by atoms with Crippen molar-refractivity contribution in [3.05, 3.63) is 76.4 Å². The molecular formula is C23H20N2O3S. The van der Waals surface area contributed by atoms with Crippen LogP contribution in [0.1, 0.15) is 33.8 Å². The molecule has 0 radical (unpaired) electrons. The first kappa shape index (κ1) is 19.0. The number of hydrogen-bond donors (Lipinski definition) is 1. The second-order valence-electron chi connectivity index (χ2n) is 6.86. The fraction of sp³-hybridized carbons (Fsp3) is 0.217. The average Bonchev–Trinajstić information content (AvgIpc) is 3.46. The van der Waals surface area contributed by atoms with Crippen LogP contribution in [0.5, 0.6) is 0 Å². The highest BCUT2D eigenvalue weighted by Gasteiger charge is 2.29. The van der Waals surface area contributed by atoms with Gasteiger partial charge in [0.05, 0.1) is 17.1 Å². The number of anilines is 1. The van der Waals surface area contributed by atoms with Crippen molar-refractivity contribution >= 4 is 28.8 Å². The summed E-state index contributed by atoms with van der Waals surface area (Å²) in [5.41, 5.74) is 1.55. The van der Waals surface area contributed by atoms with E-state index in [9.17, 15) is 9.59 Å². The van der Waals surface area contributed by atoms with Crippen LogP contribution in [0, 0.1) is 17.8 Å². The van der Waals surface area contributed by atoms with Crippen LogP contribution in [0.3, 0.4) is 0 Å². The van der Waals surface area contributed by atoms with Crippen LogP contribution >= 0.6 is 11.3 Å². The number of carbonyl (C=O) groups excluding carboxylic acids is 2. The van der Waals surface area contributed by atoms with E-state index in [0.29, 0.717) is 24.5 Å². The van der Waals surface area contributed by atoms with Gasteiger partial charge in [0, 0.05) is 24.3 Å². The maximum atomic E-state index is 12.8. The summed E-state index contributed by atoms with van der Waals surface area (Å²) < 4.78 is 5.20. The predicted molar refractivity (Wildman–Crippen MR) is 113 cm³/mol. The fourth-order valence-corrected chi connectivity index (χ4v) is 3.91. The maximum Gasteiger partial charge on any atom is 0.289 e. The van der Waals surface area contributed by atoms with E-state index in [1.165, 1.54) is 6.26 Å². The summed E-state index contributed by atoms with van der Waals surface area (Å²) >= 11 is 1.59. The number of likely N-dealkylation sites (tertiary alicyclic amines) is 1. The van der Waals surface area contributed by atoms with Gasteiger partial charge in [-0.3, -0.25) is 9.59 Å². The first-order chi connectivity index (χ1) is 14.2. The number of hydrogen-bond acceptors (Lipinski definition) is 4. The molecule has 6 heteroatoms. The SMILES string of the molecule is O=C(Nc1cccc(C#Cc2cccs2)c1)[C@@H]1CCCN(C(=O)c2ccco2)C1. The molecule has 0 aliphatic carbocycles. The van der Waals surface area contributed by atoms with Gasteiger partial charge in [0.15, 0.2) is 5.76 Å². The van der Waals surface area contributed by atoms with Gasteiger partial charge in [-0.05, 0) is 54.6 Å². The summed E-state index contributed by atoms with van der Waals surface area (Å²) in [5.74, 6) is 6.06. The van der Waals surface area contributed by atoms with Crippen LogP contribution in [0.25, 0.3) is 0 Å².